The van der Waals surface area contributed by atoms with Crippen molar-refractivity contribution in [2.75, 3.05) is 32.9 Å². The zero-order chi connectivity index (χ0) is 12.3. The maximum atomic E-state index is 9.24. The monoisotopic (exact) mass is 243 g/mol. The van der Waals surface area contributed by atoms with Crippen LogP contribution in [0.3, 0.4) is 0 Å². The van der Waals surface area contributed by atoms with E-state index in [9.17, 15) is 5.11 Å². The Labute approximate surface area is 106 Å². The third-order valence-corrected chi connectivity index (χ3v) is 3.61. The molecule has 1 fully saturated rings. The third kappa shape index (κ3) is 6.39. The molecule has 1 heterocycles. The average molecular weight is 243 g/mol. The first-order valence-electron chi connectivity index (χ1n) is 7.31. The molecule has 1 rings (SSSR count). The van der Waals surface area contributed by atoms with Gasteiger partial charge >= 0.3 is 0 Å². The number of unbranched alkanes of at least 4 members (excludes halogenated alkanes) is 6. The second-order valence-corrected chi connectivity index (χ2v) is 5.07. The molecule has 0 saturated carbocycles. The van der Waals surface area contributed by atoms with Crippen LogP contribution in [0.15, 0.2) is 0 Å². The first-order chi connectivity index (χ1) is 8.38. The molecule has 1 saturated heterocycles. The fraction of sp³-hybridized carbons (Fsp3) is 1.00. The highest BCUT2D eigenvalue weighted by atomic mass is 16.5. The standard InChI is InChI=1S/C14H29NO2/c1-2-3-4-5-6-7-8-9-15-10-11-17-13-14(15)12-16/h14,16H,2-13H2,1H3. The molecule has 0 bridgehead atoms. The van der Waals surface area contributed by atoms with Gasteiger partial charge in [0, 0.05) is 6.54 Å². The summed E-state index contributed by atoms with van der Waals surface area (Å²) in [5, 5.41) is 9.24. The van der Waals surface area contributed by atoms with E-state index in [1.165, 1.54) is 44.9 Å². The smallest absolute Gasteiger partial charge is 0.0644 e. The van der Waals surface area contributed by atoms with Gasteiger partial charge in [0.25, 0.3) is 0 Å². The van der Waals surface area contributed by atoms with E-state index >= 15 is 0 Å². The Morgan fingerprint density at radius 2 is 1.82 bits per heavy atom. The van der Waals surface area contributed by atoms with Crippen molar-refractivity contribution in [3.63, 3.8) is 0 Å². The number of hydrogen-bond acceptors (Lipinski definition) is 3. The predicted molar refractivity (Wildman–Crippen MR) is 71.3 cm³/mol. The van der Waals surface area contributed by atoms with Gasteiger partial charge in [0.15, 0.2) is 0 Å². The van der Waals surface area contributed by atoms with Crippen LogP contribution in [-0.4, -0.2) is 49.0 Å². The minimum Gasteiger partial charge on any atom is -0.395 e. The Morgan fingerprint density at radius 3 is 2.53 bits per heavy atom. The van der Waals surface area contributed by atoms with Gasteiger partial charge < -0.3 is 9.84 Å². The number of rotatable bonds is 9. The summed E-state index contributed by atoms with van der Waals surface area (Å²) in [6.07, 6.45) is 9.46. The zero-order valence-electron chi connectivity index (χ0n) is 11.4. The van der Waals surface area contributed by atoms with Crippen molar-refractivity contribution in [2.24, 2.45) is 0 Å². The summed E-state index contributed by atoms with van der Waals surface area (Å²) in [6.45, 7) is 6.13. The number of hydrogen-bond donors (Lipinski definition) is 1. The highest BCUT2D eigenvalue weighted by Gasteiger charge is 2.21. The van der Waals surface area contributed by atoms with E-state index < -0.39 is 0 Å². The first-order valence-corrected chi connectivity index (χ1v) is 7.31. The van der Waals surface area contributed by atoms with Crippen LogP contribution >= 0.6 is 0 Å². The second-order valence-electron chi connectivity index (χ2n) is 5.07. The molecule has 0 radical (unpaired) electrons. The van der Waals surface area contributed by atoms with Crippen molar-refractivity contribution < 1.29 is 9.84 Å². The van der Waals surface area contributed by atoms with Gasteiger partial charge in [0.05, 0.1) is 25.9 Å². The summed E-state index contributed by atoms with van der Waals surface area (Å²) >= 11 is 0. The predicted octanol–water partition coefficient (Wildman–Crippen LogP) is 2.43. The molecular weight excluding hydrogens is 214 g/mol. The number of morpholine rings is 1. The molecule has 0 spiro atoms. The Morgan fingerprint density at radius 1 is 1.12 bits per heavy atom. The van der Waals surface area contributed by atoms with Crippen molar-refractivity contribution >= 4 is 0 Å². The van der Waals surface area contributed by atoms with Crippen molar-refractivity contribution in [3.05, 3.63) is 0 Å². The van der Waals surface area contributed by atoms with Crippen LogP contribution in [-0.2, 0) is 4.74 Å². The number of aliphatic hydroxyl groups excluding tert-OH is 1. The first kappa shape index (κ1) is 14.9. The Balaban J connectivity index is 1.97. The zero-order valence-corrected chi connectivity index (χ0v) is 11.4. The van der Waals surface area contributed by atoms with Crippen LogP contribution in [0, 0.1) is 0 Å². The van der Waals surface area contributed by atoms with Gasteiger partial charge in [-0.25, -0.2) is 0 Å². The molecule has 0 aromatic rings. The van der Waals surface area contributed by atoms with Crippen LogP contribution in [0.25, 0.3) is 0 Å². The lowest BCUT2D eigenvalue weighted by molar-refractivity contribution is -0.0278. The summed E-state index contributed by atoms with van der Waals surface area (Å²) in [5.74, 6) is 0. The Hall–Kier alpha value is -0.120. The van der Waals surface area contributed by atoms with E-state index in [0.29, 0.717) is 6.61 Å². The topological polar surface area (TPSA) is 32.7 Å². The highest BCUT2D eigenvalue weighted by molar-refractivity contribution is 4.74. The Bertz CT molecular complexity index is 176. The minimum absolute atomic E-state index is 0.233. The largest absolute Gasteiger partial charge is 0.395 e. The molecule has 1 N–H and O–H groups in total. The lowest BCUT2D eigenvalue weighted by Gasteiger charge is -2.34. The van der Waals surface area contributed by atoms with Crippen LogP contribution in [0.1, 0.15) is 51.9 Å². The lowest BCUT2D eigenvalue weighted by atomic mass is 10.1. The molecule has 17 heavy (non-hydrogen) atoms. The van der Waals surface area contributed by atoms with Gasteiger partial charge in [0.2, 0.25) is 0 Å². The molecule has 0 amide bonds. The van der Waals surface area contributed by atoms with E-state index in [-0.39, 0.29) is 12.6 Å². The summed E-state index contributed by atoms with van der Waals surface area (Å²) in [6, 6.07) is 0.240. The van der Waals surface area contributed by atoms with Crippen LogP contribution < -0.4 is 0 Å². The maximum Gasteiger partial charge on any atom is 0.0644 e. The van der Waals surface area contributed by atoms with Gasteiger partial charge in [-0.15, -0.1) is 0 Å². The van der Waals surface area contributed by atoms with E-state index in [1.807, 2.05) is 0 Å². The minimum atomic E-state index is 0.233. The molecular formula is C14H29NO2. The molecule has 0 aliphatic carbocycles. The summed E-state index contributed by atoms with van der Waals surface area (Å²) in [5.41, 5.74) is 0. The molecule has 1 aliphatic heterocycles. The van der Waals surface area contributed by atoms with E-state index in [4.69, 9.17) is 4.74 Å². The third-order valence-electron chi connectivity index (χ3n) is 3.61. The number of aliphatic hydroxyl groups is 1. The van der Waals surface area contributed by atoms with Gasteiger partial charge in [-0.05, 0) is 13.0 Å². The molecule has 1 unspecified atom stereocenters. The summed E-state index contributed by atoms with van der Waals surface area (Å²) in [7, 11) is 0. The molecule has 3 heteroatoms. The van der Waals surface area contributed by atoms with Crippen molar-refractivity contribution in [3.8, 4) is 0 Å². The highest BCUT2D eigenvalue weighted by Crippen LogP contribution is 2.11. The van der Waals surface area contributed by atoms with Gasteiger partial charge in [0.1, 0.15) is 0 Å². The summed E-state index contributed by atoms with van der Waals surface area (Å²) < 4.78 is 5.37. The molecule has 0 aromatic heterocycles. The SMILES string of the molecule is CCCCCCCCCN1CCOCC1CO. The quantitative estimate of drug-likeness (QED) is 0.631. The molecule has 0 aromatic carbocycles. The normalized spacial score (nSPS) is 21.9. The van der Waals surface area contributed by atoms with E-state index in [1.54, 1.807) is 0 Å². The molecule has 3 nitrogen and oxygen atoms in total. The summed E-state index contributed by atoms with van der Waals surface area (Å²) in [4.78, 5) is 2.38. The molecule has 102 valence electrons. The Kier molecular flexibility index (Phi) is 8.67. The van der Waals surface area contributed by atoms with Crippen molar-refractivity contribution in [1.82, 2.24) is 4.90 Å². The van der Waals surface area contributed by atoms with Crippen LogP contribution in [0.2, 0.25) is 0 Å². The van der Waals surface area contributed by atoms with Gasteiger partial charge in [-0.2, -0.15) is 0 Å². The van der Waals surface area contributed by atoms with E-state index in [2.05, 4.69) is 11.8 Å². The lowest BCUT2D eigenvalue weighted by Crippen LogP contribution is -2.47. The van der Waals surface area contributed by atoms with Gasteiger partial charge in [-0.3, -0.25) is 4.90 Å². The fourth-order valence-corrected chi connectivity index (χ4v) is 2.42. The van der Waals surface area contributed by atoms with Crippen molar-refractivity contribution in [1.29, 1.82) is 0 Å². The molecule has 1 atom stereocenters. The second kappa shape index (κ2) is 9.86. The molecule has 1 aliphatic rings. The maximum absolute atomic E-state index is 9.24. The van der Waals surface area contributed by atoms with E-state index in [0.717, 1.165) is 19.7 Å². The fourth-order valence-electron chi connectivity index (χ4n) is 2.42. The average Bonchev–Trinajstić information content (AvgIpc) is 2.38. The van der Waals surface area contributed by atoms with Gasteiger partial charge in [-0.1, -0.05) is 45.4 Å². The number of nitrogens with zero attached hydrogens (tertiary/aromatic N) is 1. The van der Waals surface area contributed by atoms with Crippen molar-refractivity contribution in [2.45, 2.75) is 57.9 Å². The van der Waals surface area contributed by atoms with Crippen LogP contribution in [0.4, 0.5) is 0 Å². The van der Waals surface area contributed by atoms with Crippen LogP contribution in [0.5, 0.6) is 0 Å². The number of ether oxygens (including phenoxy) is 1.